The molecule has 29 heavy (non-hydrogen) atoms. The average molecular weight is 395 g/mol. The van der Waals surface area contributed by atoms with Gasteiger partial charge in [0, 0.05) is 24.8 Å². The van der Waals surface area contributed by atoms with Crippen molar-refractivity contribution in [2.75, 3.05) is 17.2 Å². The number of carbonyl (C=O) groups is 3. The Morgan fingerprint density at radius 1 is 0.966 bits per heavy atom. The Balaban J connectivity index is 1.97. The maximum absolute atomic E-state index is 13.3. The summed E-state index contributed by atoms with van der Waals surface area (Å²) in [5.74, 6) is -1.34. The fourth-order valence-electron chi connectivity index (χ4n) is 3.09. The zero-order valence-corrected chi connectivity index (χ0v) is 16.5. The normalized spacial score (nSPS) is 14.0. The van der Waals surface area contributed by atoms with Gasteiger partial charge in [0.05, 0.1) is 5.57 Å². The summed E-state index contributed by atoms with van der Waals surface area (Å²) in [5, 5.41) is 5.70. The first kappa shape index (κ1) is 20.3. The summed E-state index contributed by atoms with van der Waals surface area (Å²) in [5.41, 5.74) is 2.02. The van der Waals surface area contributed by atoms with Crippen LogP contribution in [0, 0.1) is 11.7 Å². The predicted octanol–water partition coefficient (Wildman–Crippen LogP) is 3.63. The minimum absolute atomic E-state index is 0.105. The predicted molar refractivity (Wildman–Crippen MR) is 109 cm³/mol. The van der Waals surface area contributed by atoms with Crippen LogP contribution >= 0.6 is 0 Å². The number of halogens is 1. The molecule has 0 aliphatic carbocycles. The Morgan fingerprint density at radius 2 is 1.55 bits per heavy atom. The number of amides is 3. The van der Waals surface area contributed by atoms with Gasteiger partial charge in [0.2, 0.25) is 5.91 Å². The van der Waals surface area contributed by atoms with Gasteiger partial charge >= 0.3 is 0 Å². The minimum atomic E-state index is -0.423. The molecule has 2 N–H and O–H groups in total. The molecular weight excluding hydrogens is 373 g/mol. The van der Waals surface area contributed by atoms with Crippen molar-refractivity contribution in [3.8, 4) is 0 Å². The average Bonchev–Trinajstić information content (AvgIpc) is 2.88. The Morgan fingerprint density at radius 3 is 2.10 bits per heavy atom. The lowest BCUT2D eigenvalue weighted by Gasteiger charge is -2.17. The third kappa shape index (κ3) is 4.51. The molecule has 0 fully saturated rings. The van der Waals surface area contributed by atoms with Crippen LogP contribution in [-0.4, -0.2) is 29.2 Å². The number of nitrogens with zero attached hydrogens (tertiary/aromatic N) is 1. The van der Waals surface area contributed by atoms with Crippen molar-refractivity contribution in [1.29, 1.82) is 0 Å². The van der Waals surface area contributed by atoms with Crippen molar-refractivity contribution >= 4 is 34.7 Å². The second-order valence-corrected chi connectivity index (χ2v) is 7.26. The van der Waals surface area contributed by atoms with E-state index in [2.05, 4.69) is 10.6 Å². The van der Waals surface area contributed by atoms with E-state index >= 15 is 0 Å². The third-order valence-corrected chi connectivity index (χ3v) is 4.32. The first-order valence-corrected chi connectivity index (χ1v) is 9.27. The van der Waals surface area contributed by atoms with Crippen molar-refractivity contribution in [3.63, 3.8) is 0 Å². The lowest BCUT2D eigenvalue weighted by molar-refractivity contribution is -0.137. The van der Waals surface area contributed by atoms with Gasteiger partial charge in [0.15, 0.2) is 0 Å². The van der Waals surface area contributed by atoms with Gasteiger partial charge in [0.25, 0.3) is 11.8 Å². The first-order chi connectivity index (χ1) is 13.8. The molecule has 0 saturated heterocycles. The molecule has 0 spiro atoms. The Labute approximate surface area is 168 Å². The lowest BCUT2D eigenvalue weighted by atomic mass is 10.0. The minimum Gasteiger partial charge on any atom is -0.350 e. The number of benzene rings is 2. The van der Waals surface area contributed by atoms with Gasteiger partial charge in [-0.05, 0) is 47.9 Å². The number of rotatable bonds is 6. The van der Waals surface area contributed by atoms with Crippen LogP contribution in [0.5, 0.6) is 0 Å². The van der Waals surface area contributed by atoms with Crippen molar-refractivity contribution in [2.24, 2.45) is 5.92 Å². The van der Waals surface area contributed by atoms with Crippen LogP contribution in [-0.2, 0) is 14.4 Å². The molecule has 1 aliphatic rings. The molecule has 2 aromatic rings. The maximum Gasteiger partial charge on any atom is 0.278 e. The van der Waals surface area contributed by atoms with E-state index in [0.717, 1.165) is 0 Å². The van der Waals surface area contributed by atoms with Crippen molar-refractivity contribution in [1.82, 2.24) is 4.90 Å². The van der Waals surface area contributed by atoms with Crippen molar-refractivity contribution in [2.45, 2.75) is 20.8 Å². The van der Waals surface area contributed by atoms with E-state index in [4.69, 9.17) is 0 Å². The summed E-state index contributed by atoms with van der Waals surface area (Å²) in [6, 6.07) is 12.2. The smallest absolute Gasteiger partial charge is 0.278 e. The van der Waals surface area contributed by atoms with Crippen molar-refractivity contribution in [3.05, 3.63) is 65.6 Å². The van der Waals surface area contributed by atoms with E-state index in [1.807, 2.05) is 13.8 Å². The van der Waals surface area contributed by atoms with Gasteiger partial charge in [-0.15, -0.1) is 0 Å². The van der Waals surface area contributed by atoms with E-state index in [1.54, 1.807) is 24.3 Å². The van der Waals surface area contributed by atoms with E-state index in [1.165, 1.54) is 36.1 Å². The Hall–Kier alpha value is -3.48. The number of carbonyl (C=O) groups excluding carboxylic acids is 3. The summed E-state index contributed by atoms with van der Waals surface area (Å²) in [6.07, 6.45) is 0. The fraction of sp³-hybridized carbons (Fsp3) is 0.227. The Kier molecular flexibility index (Phi) is 5.77. The number of hydrogen-bond acceptors (Lipinski definition) is 4. The van der Waals surface area contributed by atoms with Gasteiger partial charge in [-0.3, -0.25) is 19.3 Å². The van der Waals surface area contributed by atoms with Gasteiger partial charge < -0.3 is 10.6 Å². The second kappa shape index (κ2) is 8.26. The second-order valence-electron chi connectivity index (χ2n) is 7.26. The van der Waals surface area contributed by atoms with Crippen LogP contribution in [0.1, 0.15) is 26.3 Å². The summed E-state index contributed by atoms with van der Waals surface area (Å²) in [6.45, 7) is 5.54. The number of hydrogen-bond donors (Lipinski definition) is 2. The number of anilines is 2. The molecule has 150 valence electrons. The van der Waals surface area contributed by atoms with Gasteiger partial charge in [0.1, 0.15) is 11.5 Å². The molecule has 0 unspecified atom stereocenters. The van der Waals surface area contributed by atoms with Crippen LogP contribution in [0.25, 0.3) is 5.57 Å². The molecule has 2 aromatic carbocycles. The quantitative estimate of drug-likeness (QED) is 0.732. The molecule has 0 bridgehead atoms. The molecule has 0 atom stereocenters. The molecule has 3 amide bonds. The molecule has 0 saturated carbocycles. The standard InChI is InChI=1S/C22H22FN3O3/c1-13(2)12-26-21(28)19(15-4-6-16(23)7-5-15)20(22(26)29)25-18-10-8-17(9-11-18)24-14(3)27/h4-11,13,25H,12H2,1-3H3,(H,24,27). The molecule has 6 nitrogen and oxygen atoms in total. The van der Waals surface area contributed by atoms with E-state index in [9.17, 15) is 18.8 Å². The summed E-state index contributed by atoms with van der Waals surface area (Å²) in [7, 11) is 0. The Bertz CT molecular complexity index is 979. The van der Waals surface area contributed by atoms with E-state index in [0.29, 0.717) is 16.9 Å². The summed E-state index contributed by atoms with van der Waals surface area (Å²) < 4.78 is 13.3. The topological polar surface area (TPSA) is 78.5 Å². The number of nitrogens with one attached hydrogen (secondary N) is 2. The summed E-state index contributed by atoms with van der Waals surface area (Å²) >= 11 is 0. The monoisotopic (exact) mass is 395 g/mol. The van der Waals surface area contributed by atoms with Crippen molar-refractivity contribution < 1.29 is 18.8 Å². The van der Waals surface area contributed by atoms with Crippen LogP contribution in [0.15, 0.2) is 54.2 Å². The zero-order valence-electron chi connectivity index (χ0n) is 16.5. The van der Waals surface area contributed by atoms with Crippen LogP contribution in [0.2, 0.25) is 0 Å². The summed E-state index contributed by atoms with van der Waals surface area (Å²) in [4.78, 5) is 38.3. The fourth-order valence-corrected chi connectivity index (χ4v) is 3.09. The molecule has 1 heterocycles. The number of imide groups is 1. The van der Waals surface area contributed by atoms with Crippen LogP contribution in [0.3, 0.4) is 0 Å². The third-order valence-electron chi connectivity index (χ3n) is 4.32. The molecule has 1 aliphatic heterocycles. The van der Waals surface area contributed by atoms with Gasteiger partial charge in [-0.1, -0.05) is 26.0 Å². The highest BCUT2D eigenvalue weighted by molar-refractivity contribution is 6.36. The van der Waals surface area contributed by atoms with Crippen LogP contribution in [0.4, 0.5) is 15.8 Å². The molecule has 0 radical (unpaired) electrons. The highest BCUT2D eigenvalue weighted by atomic mass is 19.1. The lowest BCUT2D eigenvalue weighted by Crippen LogP contribution is -2.35. The highest BCUT2D eigenvalue weighted by Crippen LogP contribution is 2.31. The van der Waals surface area contributed by atoms with Crippen LogP contribution < -0.4 is 10.6 Å². The molecular formula is C22H22FN3O3. The van der Waals surface area contributed by atoms with Gasteiger partial charge in [-0.25, -0.2) is 4.39 Å². The maximum atomic E-state index is 13.3. The SMILES string of the molecule is CC(=O)Nc1ccc(NC2=C(c3ccc(F)cc3)C(=O)N(CC(C)C)C2=O)cc1. The highest BCUT2D eigenvalue weighted by Gasteiger charge is 2.39. The van der Waals surface area contributed by atoms with E-state index in [-0.39, 0.29) is 29.6 Å². The zero-order chi connectivity index (χ0) is 21.1. The molecule has 0 aromatic heterocycles. The molecule has 3 rings (SSSR count). The van der Waals surface area contributed by atoms with Gasteiger partial charge in [-0.2, -0.15) is 0 Å². The van der Waals surface area contributed by atoms with E-state index < -0.39 is 17.6 Å². The first-order valence-electron chi connectivity index (χ1n) is 9.27. The molecule has 7 heteroatoms. The largest absolute Gasteiger partial charge is 0.350 e.